The molecule has 144 valence electrons. The molecule has 26 heavy (non-hydrogen) atoms. The maximum atomic E-state index is 12.8. The zero-order valence-corrected chi connectivity index (χ0v) is 17.2. The average Bonchev–Trinajstić information content (AvgIpc) is 2.98. The van der Waals surface area contributed by atoms with Crippen LogP contribution in [0.2, 0.25) is 0 Å². The van der Waals surface area contributed by atoms with Gasteiger partial charge in [0.1, 0.15) is 5.00 Å². The molecule has 1 saturated heterocycles. The van der Waals surface area contributed by atoms with E-state index in [-0.39, 0.29) is 5.91 Å². The van der Waals surface area contributed by atoms with Crippen LogP contribution >= 0.6 is 23.6 Å². The second-order valence-electron chi connectivity index (χ2n) is 5.76. The molecule has 0 spiro atoms. The van der Waals surface area contributed by atoms with Crippen molar-refractivity contribution >= 4 is 45.5 Å². The maximum Gasteiger partial charge on any atom is 0.341 e. The number of methoxy groups -OCH3 is 1. The molecule has 9 heteroatoms. The van der Waals surface area contributed by atoms with E-state index in [1.165, 1.54) is 18.4 Å². The summed E-state index contributed by atoms with van der Waals surface area (Å²) in [6.07, 6.45) is 0. The molecule has 1 aromatic rings. The van der Waals surface area contributed by atoms with Gasteiger partial charge in [0.05, 0.1) is 30.8 Å². The maximum absolute atomic E-state index is 12.8. The number of nitrogens with one attached hydrogen (secondary N) is 1. The third kappa shape index (κ3) is 4.33. The first-order valence-electron chi connectivity index (χ1n) is 8.59. The molecule has 2 heterocycles. The van der Waals surface area contributed by atoms with Crippen LogP contribution in [0.4, 0.5) is 5.00 Å². The topological polar surface area (TPSA) is 71.1 Å². The normalized spacial score (nSPS) is 14.1. The number of rotatable bonds is 5. The summed E-state index contributed by atoms with van der Waals surface area (Å²) < 4.78 is 10.3. The van der Waals surface area contributed by atoms with Gasteiger partial charge in [-0.3, -0.25) is 4.79 Å². The van der Waals surface area contributed by atoms with Gasteiger partial charge in [-0.05, 0) is 38.6 Å². The number of carbonyl (C=O) groups is 2. The molecule has 1 aliphatic heterocycles. The number of hydrogen-bond donors (Lipinski definition) is 1. The van der Waals surface area contributed by atoms with Crippen LogP contribution in [0, 0.1) is 6.92 Å². The van der Waals surface area contributed by atoms with Gasteiger partial charge in [0, 0.05) is 26.2 Å². The second-order valence-corrected chi connectivity index (χ2v) is 7.17. The molecule has 0 bridgehead atoms. The number of ether oxygens (including phenoxy) is 2. The highest BCUT2D eigenvalue weighted by molar-refractivity contribution is 7.80. The van der Waals surface area contributed by atoms with Crippen molar-refractivity contribution in [2.24, 2.45) is 0 Å². The van der Waals surface area contributed by atoms with Gasteiger partial charge < -0.3 is 24.6 Å². The minimum absolute atomic E-state index is 0.0898. The van der Waals surface area contributed by atoms with E-state index in [0.717, 1.165) is 0 Å². The van der Waals surface area contributed by atoms with Crippen molar-refractivity contribution in [3.63, 3.8) is 0 Å². The molecule has 0 atom stereocenters. The lowest BCUT2D eigenvalue weighted by Gasteiger charge is -2.29. The zero-order valence-electron chi connectivity index (χ0n) is 15.6. The van der Waals surface area contributed by atoms with Gasteiger partial charge in [0.25, 0.3) is 5.91 Å². The minimum atomic E-state index is -0.482. The number of thiophene rings is 1. The van der Waals surface area contributed by atoms with Crippen LogP contribution in [0.5, 0.6) is 0 Å². The van der Waals surface area contributed by atoms with Crippen LogP contribution in [-0.2, 0) is 9.47 Å². The number of amides is 1. The predicted octanol–water partition coefficient (Wildman–Crippen LogP) is 2.35. The van der Waals surface area contributed by atoms with Crippen molar-refractivity contribution in [3.8, 4) is 0 Å². The monoisotopic (exact) mass is 399 g/mol. The summed E-state index contributed by atoms with van der Waals surface area (Å²) >= 11 is 6.71. The van der Waals surface area contributed by atoms with E-state index in [1.807, 2.05) is 18.7 Å². The van der Waals surface area contributed by atoms with Crippen molar-refractivity contribution < 1.29 is 19.1 Å². The summed E-state index contributed by atoms with van der Waals surface area (Å²) in [6.45, 7) is 9.44. The van der Waals surface area contributed by atoms with Crippen molar-refractivity contribution in [1.82, 2.24) is 9.80 Å². The molecule has 1 aliphatic rings. The van der Waals surface area contributed by atoms with Crippen LogP contribution in [0.15, 0.2) is 0 Å². The Morgan fingerprint density at radius 2 is 1.92 bits per heavy atom. The van der Waals surface area contributed by atoms with Gasteiger partial charge in [0.2, 0.25) is 0 Å². The molecular weight excluding hydrogens is 374 g/mol. The summed E-state index contributed by atoms with van der Waals surface area (Å²) in [4.78, 5) is 29.3. The number of esters is 1. The fourth-order valence-electron chi connectivity index (χ4n) is 2.75. The molecule has 2 rings (SSSR count). The third-order valence-electron chi connectivity index (χ3n) is 4.30. The van der Waals surface area contributed by atoms with E-state index < -0.39 is 5.97 Å². The Kier molecular flexibility index (Phi) is 7.36. The summed E-state index contributed by atoms with van der Waals surface area (Å²) in [5.41, 5.74) is 0.981. The van der Waals surface area contributed by atoms with Gasteiger partial charge in [-0.25, -0.2) is 4.79 Å². The Morgan fingerprint density at radius 3 is 2.46 bits per heavy atom. The van der Waals surface area contributed by atoms with Gasteiger partial charge in [-0.2, -0.15) is 0 Å². The largest absolute Gasteiger partial charge is 0.465 e. The Balaban J connectivity index is 2.34. The number of carbonyl (C=O) groups excluding carboxylic acids is 2. The number of thiocarbonyl (C=S) groups is 1. The lowest BCUT2D eigenvalue weighted by Crippen LogP contribution is -2.42. The number of anilines is 1. The third-order valence-corrected chi connectivity index (χ3v) is 5.86. The first-order chi connectivity index (χ1) is 12.4. The van der Waals surface area contributed by atoms with E-state index in [4.69, 9.17) is 21.7 Å². The highest BCUT2D eigenvalue weighted by atomic mass is 32.1. The second kappa shape index (κ2) is 9.29. The van der Waals surface area contributed by atoms with Crippen LogP contribution in [0.1, 0.15) is 39.4 Å². The van der Waals surface area contributed by atoms with Gasteiger partial charge in [0.15, 0.2) is 5.11 Å². The van der Waals surface area contributed by atoms with E-state index in [0.29, 0.717) is 65.5 Å². The smallest absolute Gasteiger partial charge is 0.341 e. The molecule has 0 aromatic carbocycles. The van der Waals surface area contributed by atoms with Gasteiger partial charge >= 0.3 is 5.97 Å². The fourth-order valence-corrected chi connectivity index (χ4v) is 4.26. The number of nitrogens with zero attached hydrogens (tertiary/aromatic N) is 2. The lowest BCUT2D eigenvalue weighted by molar-refractivity contribution is 0.0601. The number of morpholine rings is 1. The first kappa shape index (κ1) is 20.6. The van der Waals surface area contributed by atoms with Crippen LogP contribution < -0.4 is 5.32 Å². The fraction of sp³-hybridized carbons (Fsp3) is 0.588. The van der Waals surface area contributed by atoms with Gasteiger partial charge in [-0.1, -0.05) is 0 Å². The quantitative estimate of drug-likeness (QED) is 0.602. The average molecular weight is 400 g/mol. The van der Waals surface area contributed by atoms with E-state index in [2.05, 4.69) is 5.32 Å². The van der Waals surface area contributed by atoms with Crippen molar-refractivity contribution in [3.05, 3.63) is 16.0 Å². The lowest BCUT2D eigenvalue weighted by atomic mass is 10.1. The van der Waals surface area contributed by atoms with E-state index >= 15 is 0 Å². The first-order valence-corrected chi connectivity index (χ1v) is 9.81. The van der Waals surface area contributed by atoms with Crippen molar-refractivity contribution in [2.75, 3.05) is 51.8 Å². The molecule has 1 amide bonds. The summed E-state index contributed by atoms with van der Waals surface area (Å²) in [5, 5.41) is 4.19. The van der Waals surface area contributed by atoms with Crippen LogP contribution in [-0.4, -0.2) is 73.3 Å². The summed E-state index contributed by atoms with van der Waals surface area (Å²) in [6, 6.07) is 0. The Labute approximate surface area is 163 Å². The Bertz CT molecular complexity index is 680. The summed E-state index contributed by atoms with van der Waals surface area (Å²) in [7, 11) is 1.33. The number of hydrogen-bond acceptors (Lipinski definition) is 6. The molecule has 7 nitrogen and oxygen atoms in total. The highest BCUT2D eigenvalue weighted by Gasteiger charge is 2.28. The van der Waals surface area contributed by atoms with E-state index in [1.54, 1.807) is 11.8 Å². The standard InChI is InChI=1S/C17H25N3O4S2/c1-5-19(6-2)15(21)13-11(3)12(16(22)23-4)14(26-13)18-17(25)20-7-9-24-10-8-20/h5-10H2,1-4H3,(H,18,25). The predicted molar refractivity (Wildman–Crippen MR) is 106 cm³/mol. The van der Waals surface area contributed by atoms with E-state index in [9.17, 15) is 9.59 Å². The molecule has 1 fully saturated rings. The molecule has 1 N–H and O–H groups in total. The molecule has 0 aliphatic carbocycles. The molecular formula is C17H25N3O4S2. The minimum Gasteiger partial charge on any atom is -0.465 e. The Hall–Kier alpha value is -1.71. The summed E-state index contributed by atoms with van der Waals surface area (Å²) in [5.74, 6) is -0.572. The van der Waals surface area contributed by atoms with Gasteiger partial charge in [-0.15, -0.1) is 11.3 Å². The van der Waals surface area contributed by atoms with Crippen molar-refractivity contribution in [1.29, 1.82) is 0 Å². The zero-order chi connectivity index (χ0) is 19.3. The Morgan fingerprint density at radius 1 is 1.31 bits per heavy atom. The molecule has 0 unspecified atom stereocenters. The molecule has 0 saturated carbocycles. The molecule has 1 aromatic heterocycles. The SMILES string of the molecule is CCN(CC)C(=O)c1sc(NC(=S)N2CCOCC2)c(C(=O)OC)c1C. The molecule has 0 radical (unpaired) electrons. The van der Waals surface area contributed by atoms with Crippen LogP contribution in [0.25, 0.3) is 0 Å². The highest BCUT2D eigenvalue weighted by Crippen LogP contribution is 2.34. The van der Waals surface area contributed by atoms with Crippen LogP contribution in [0.3, 0.4) is 0 Å². The van der Waals surface area contributed by atoms with Crippen molar-refractivity contribution in [2.45, 2.75) is 20.8 Å².